The van der Waals surface area contributed by atoms with E-state index in [1.54, 1.807) is 17.9 Å². The van der Waals surface area contributed by atoms with Gasteiger partial charge in [0.15, 0.2) is 11.5 Å². The fourth-order valence-corrected chi connectivity index (χ4v) is 2.46. The molecule has 2 aliphatic rings. The van der Waals surface area contributed by atoms with Crippen molar-refractivity contribution in [3.63, 3.8) is 0 Å². The van der Waals surface area contributed by atoms with Crippen molar-refractivity contribution in [1.29, 1.82) is 0 Å². The molecule has 2 aliphatic heterocycles. The molecule has 2 saturated heterocycles. The fourth-order valence-electron chi connectivity index (χ4n) is 2.46. The summed E-state index contributed by atoms with van der Waals surface area (Å²) < 4.78 is 16.3. The van der Waals surface area contributed by atoms with Crippen LogP contribution in [0, 0.1) is 12.3 Å². The molecular weight excluding hydrogens is 248 g/mol. The van der Waals surface area contributed by atoms with E-state index in [-0.39, 0.29) is 11.3 Å². The maximum atomic E-state index is 12.1. The topological polar surface area (TPSA) is 64.8 Å². The van der Waals surface area contributed by atoms with Crippen molar-refractivity contribution < 1.29 is 18.8 Å². The summed E-state index contributed by atoms with van der Waals surface area (Å²) in [5.41, 5.74) is 0.314. The maximum Gasteiger partial charge on any atom is 0.276 e. The molecule has 0 unspecified atom stereocenters. The lowest BCUT2D eigenvalue weighted by Crippen LogP contribution is -2.65. The van der Waals surface area contributed by atoms with Crippen molar-refractivity contribution >= 4 is 5.91 Å². The lowest BCUT2D eigenvalue weighted by Gasteiger charge is -2.53. The molecule has 0 N–H and O–H groups in total. The Labute approximate surface area is 111 Å². The van der Waals surface area contributed by atoms with Gasteiger partial charge in [-0.25, -0.2) is 0 Å². The van der Waals surface area contributed by atoms with Gasteiger partial charge in [0.1, 0.15) is 5.76 Å². The Kier molecular flexibility index (Phi) is 2.69. The largest absolute Gasteiger partial charge is 0.361 e. The number of rotatable bonds is 1. The minimum atomic E-state index is -0.515. The monoisotopic (exact) mass is 266 g/mol. The molecule has 0 radical (unpaired) electrons. The van der Waals surface area contributed by atoms with Gasteiger partial charge in [-0.15, -0.1) is 0 Å². The second-order valence-corrected chi connectivity index (χ2v) is 5.96. The van der Waals surface area contributed by atoms with Crippen LogP contribution < -0.4 is 0 Å². The van der Waals surface area contributed by atoms with E-state index in [0.29, 0.717) is 37.8 Å². The van der Waals surface area contributed by atoms with E-state index in [0.717, 1.165) is 0 Å². The number of aryl methyl sites for hydroxylation is 1. The molecule has 1 spiro atoms. The molecule has 0 aromatic carbocycles. The van der Waals surface area contributed by atoms with Crippen LogP contribution in [0.25, 0.3) is 0 Å². The summed E-state index contributed by atoms with van der Waals surface area (Å²) in [5.74, 6) is 0.0378. The zero-order chi connectivity index (χ0) is 13.7. The van der Waals surface area contributed by atoms with Gasteiger partial charge in [0, 0.05) is 19.2 Å². The first-order valence-corrected chi connectivity index (χ1v) is 6.40. The van der Waals surface area contributed by atoms with Crippen molar-refractivity contribution in [2.45, 2.75) is 26.6 Å². The Hall–Kier alpha value is -1.40. The number of carbonyl (C=O) groups excluding carboxylic acids is 1. The van der Waals surface area contributed by atoms with Crippen LogP contribution in [0.1, 0.15) is 30.1 Å². The molecule has 3 rings (SSSR count). The Balaban J connectivity index is 1.60. The molecule has 104 valence electrons. The van der Waals surface area contributed by atoms with Crippen LogP contribution in [-0.4, -0.2) is 48.1 Å². The summed E-state index contributed by atoms with van der Waals surface area (Å²) >= 11 is 0. The number of aromatic nitrogens is 1. The molecule has 3 heterocycles. The van der Waals surface area contributed by atoms with E-state index in [4.69, 9.17) is 14.0 Å². The summed E-state index contributed by atoms with van der Waals surface area (Å²) in [7, 11) is 0. The first-order chi connectivity index (χ1) is 8.89. The van der Waals surface area contributed by atoms with E-state index in [1.807, 2.05) is 13.8 Å². The number of amides is 1. The molecule has 0 aliphatic carbocycles. The number of hydrogen-bond acceptors (Lipinski definition) is 5. The summed E-state index contributed by atoms with van der Waals surface area (Å²) in [5, 5.41) is 3.75. The molecule has 19 heavy (non-hydrogen) atoms. The lowest BCUT2D eigenvalue weighted by molar-refractivity contribution is -0.301. The number of ether oxygens (including phenoxy) is 2. The summed E-state index contributed by atoms with van der Waals surface area (Å²) in [4.78, 5) is 13.9. The average molecular weight is 266 g/mol. The molecule has 1 amide bonds. The Morgan fingerprint density at radius 2 is 1.95 bits per heavy atom. The van der Waals surface area contributed by atoms with E-state index >= 15 is 0 Å². The second kappa shape index (κ2) is 4.05. The van der Waals surface area contributed by atoms with E-state index in [1.165, 1.54) is 0 Å². The van der Waals surface area contributed by atoms with E-state index in [9.17, 15) is 4.79 Å². The number of carbonyl (C=O) groups is 1. The van der Waals surface area contributed by atoms with Crippen molar-refractivity contribution in [2.75, 3.05) is 26.3 Å². The van der Waals surface area contributed by atoms with Gasteiger partial charge in [0.2, 0.25) is 0 Å². The van der Waals surface area contributed by atoms with Crippen LogP contribution in [0.3, 0.4) is 0 Å². The van der Waals surface area contributed by atoms with Crippen LogP contribution in [-0.2, 0) is 9.47 Å². The highest BCUT2D eigenvalue weighted by atomic mass is 16.7. The zero-order valence-electron chi connectivity index (χ0n) is 11.4. The third-order valence-electron chi connectivity index (χ3n) is 3.64. The van der Waals surface area contributed by atoms with Crippen LogP contribution in [0.2, 0.25) is 0 Å². The molecule has 0 atom stereocenters. The van der Waals surface area contributed by atoms with Crippen molar-refractivity contribution in [1.82, 2.24) is 10.1 Å². The molecule has 6 heteroatoms. The van der Waals surface area contributed by atoms with Gasteiger partial charge in [-0.05, 0) is 20.8 Å². The molecule has 6 nitrogen and oxygen atoms in total. The minimum absolute atomic E-state index is 0.0516. The van der Waals surface area contributed by atoms with Gasteiger partial charge in [-0.2, -0.15) is 0 Å². The highest BCUT2D eigenvalue weighted by Crippen LogP contribution is 2.38. The van der Waals surface area contributed by atoms with Crippen molar-refractivity contribution in [3.05, 3.63) is 17.5 Å². The van der Waals surface area contributed by atoms with Crippen LogP contribution in [0.15, 0.2) is 10.6 Å². The van der Waals surface area contributed by atoms with Gasteiger partial charge in [-0.3, -0.25) is 4.79 Å². The van der Waals surface area contributed by atoms with E-state index in [2.05, 4.69) is 5.16 Å². The summed E-state index contributed by atoms with van der Waals surface area (Å²) in [6, 6.07) is 1.66. The second-order valence-electron chi connectivity index (χ2n) is 5.96. The highest BCUT2D eigenvalue weighted by molar-refractivity contribution is 5.92. The minimum Gasteiger partial charge on any atom is -0.361 e. The number of nitrogens with zero attached hydrogens (tertiary/aromatic N) is 2. The van der Waals surface area contributed by atoms with Crippen molar-refractivity contribution in [3.8, 4) is 0 Å². The first-order valence-electron chi connectivity index (χ1n) is 6.40. The van der Waals surface area contributed by atoms with Gasteiger partial charge in [0.25, 0.3) is 5.91 Å². The standard InChI is InChI=1S/C13H18N2O4/c1-9-4-10(14-19-9)11(16)15-5-13(6-15)7-17-12(2,3)18-8-13/h4H,5-8H2,1-3H3. The Bertz CT molecular complexity index is 490. The summed E-state index contributed by atoms with van der Waals surface area (Å²) in [6.45, 7) is 8.12. The fraction of sp³-hybridized carbons (Fsp3) is 0.692. The average Bonchev–Trinajstić information content (AvgIpc) is 2.73. The molecule has 0 saturated carbocycles. The summed E-state index contributed by atoms with van der Waals surface area (Å²) in [6.07, 6.45) is 0. The zero-order valence-corrected chi connectivity index (χ0v) is 11.4. The van der Waals surface area contributed by atoms with E-state index < -0.39 is 5.79 Å². The predicted octanol–water partition coefficient (Wildman–Crippen LogP) is 1.21. The van der Waals surface area contributed by atoms with Crippen LogP contribution in [0.4, 0.5) is 0 Å². The van der Waals surface area contributed by atoms with Gasteiger partial charge >= 0.3 is 0 Å². The van der Waals surface area contributed by atoms with Crippen molar-refractivity contribution in [2.24, 2.45) is 5.41 Å². The maximum absolute atomic E-state index is 12.1. The number of hydrogen-bond donors (Lipinski definition) is 0. The molecular formula is C13H18N2O4. The predicted molar refractivity (Wildman–Crippen MR) is 65.6 cm³/mol. The highest BCUT2D eigenvalue weighted by Gasteiger charge is 2.50. The van der Waals surface area contributed by atoms with Gasteiger partial charge in [-0.1, -0.05) is 5.16 Å². The normalized spacial score (nSPS) is 24.3. The Morgan fingerprint density at radius 3 is 2.47 bits per heavy atom. The van der Waals surface area contributed by atoms with Crippen LogP contribution in [0.5, 0.6) is 0 Å². The Morgan fingerprint density at radius 1 is 1.32 bits per heavy atom. The first kappa shape index (κ1) is 12.6. The molecule has 1 aromatic rings. The smallest absolute Gasteiger partial charge is 0.276 e. The quantitative estimate of drug-likeness (QED) is 0.764. The third kappa shape index (κ3) is 2.26. The lowest BCUT2D eigenvalue weighted by atomic mass is 9.80. The molecule has 2 fully saturated rings. The molecule has 0 bridgehead atoms. The number of likely N-dealkylation sites (tertiary alicyclic amines) is 1. The van der Waals surface area contributed by atoms with Gasteiger partial charge < -0.3 is 18.9 Å². The third-order valence-corrected chi connectivity index (χ3v) is 3.64. The van der Waals surface area contributed by atoms with Gasteiger partial charge in [0.05, 0.1) is 18.6 Å². The SMILES string of the molecule is Cc1cc(C(=O)N2CC3(COC(C)(C)OC3)C2)no1. The van der Waals surface area contributed by atoms with Crippen LogP contribution >= 0.6 is 0 Å². The molecule has 1 aromatic heterocycles.